The van der Waals surface area contributed by atoms with Gasteiger partial charge in [-0.05, 0) is 46.8 Å². The first-order valence-corrected chi connectivity index (χ1v) is 6.61. The summed E-state index contributed by atoms with van der Waals surface area (Å²) in [5, 5.41) is 11.9. The van der Waals surface area contributed by atoms with Crippen LogP contribution in [0.3, 0.4) is 0 Å². The summed E-state index contributed by atoms with van der Waals surface area (Å²) < 4.78 is 14.7. The smallest absolute Gasteiger partial charge is 0.187 e. The summed E-state index contributed by atoms with van der Waals surface area (Å²) in [4.78, 5) is 0. The van der Waals surface area contributed by atoms with Gasteiger partial charge in [0.2, 0.25) is 0 Å². The van der Waals surface area contributed by atoms with E-state index in [4.69, 9.17) is 28.9 Å². The summed E-state index contributed by atoms with van der Waals surface area (Å²) >= 11 is 11.8. The molecule has 0 aliphatic heterocycles. The van der Waals surface area contributed by atoms with Gasteiger partial charge in [0.15, 0.2) is 5.82 Å². The predicted molar refractivity (Wildman–Crippen MR) is 79.0 cm³/mol. The lowest BCUT2D eigenvalue weighted by Gasteiger charge is -2.06. The standard InChI is InChI=1S/C13H8Cl2FN5/c14-9-6-8(2-3-11(9)16)21-13(18-19-20-21)7-1-4-12(17)10(15)5-7/h1-6H,17H2. The molecule has 0 spiro atoms. The lowest BCUT2D eigenvalue weighted by molar-refractivity contribution is 0.627. The van der Waals surface area contributed by atoms with Crippen molar-refractivity contribution in [2.75, 3.05) is 5.73 Å². The highest BCUT2D eigenvalue weighted by molar-refractivity contribution is 6.33. The summed E-state index contributed by atoms with van der Waals surface area (Å²) in [5.41, 5.74) is 7.36. The second-order valence-electron chi connectivity index (χ2n) is 4.25. The highest BCUT2D eigenvalue weighted by Crippen LogP contribution is 2.27. The Bertz CT molecular complexity index is 752. The number of nitrogen functional groups attached to an aromatic ring is 1. The van der Waals surface area contributed by atoms with Gasteiger partial charge in [-0.15, -0.1) is 5.10 Å². The van der Waals surface area contributed by atoms with Crippen molar-refractivity contribution in [1.82, 2.24) is 20.2 Å². The maximum atomic E-state index is 13.2. The van der Waals surface area contributed by atoms with Gasteiger partial charge in [-0.1, -0.05) is 23.2 Å². The van der Waals surface area contributed by atoms with Crippen LogP contribution in [-0.2, 0) is 0 Å². The molecule has 8 heteroatoms. The maximum Gasteiger partial charge on any atom is 0.187 e. The Labute approximate surface area is 129 Å². The Hall–Kier alpha value is -2.18. The fourth-order valence-electron chi connectivity index (χ4n) is 1.82. The molecule has 0 bridgehead atoms. The molecular formula is C13H8Cl2FN5. The van der Waals surface area contributed by atoms with Crippen molar-refractivity contribution in [3.05, 3.63) is 52.3 Å². The first-order valence-electron chi connectivity index (χ1n) is 5.85. The van der Waals surface area contributed by atoms with Crippen LogP contribution in [0.2, 0.25) is 10.0 Å². The Morgan fingerprint density at radius 2 is 1.86 bits per heavy atom. The lowest BCUT2D eigenvalue weighted by Crippen LogP contribution is -2.00. The first kappa shape index (κ1) is 13.8. The molecule has 2 N–H and O–H groups in total. The van der Waals surface area contributed by atoms with E-state index in [1.807, 2.05) is 0 Å². The predicted octanol–water partition coefficient (Wildman–Crippen LogP) is 3.36. The van der Waals surface area contributed by atoms with Crippen LogP contribution in [-0.4, -0.2) is 20.2 Å². The Morgan fingerprint density at radius 1 is 1.05 bits per heavy atom. The summed E-state index contributed by atoms with van der Waals surface area (Å²) in [6.45, 7) is 0. The van der Waals surface area contributed by atoms with Crippen LogP contribution in [0.25, 0.3) is 17.1 Å². The van der Waals surface area contributed by atoms with Crippen molar-refractivity contribution in [3.63, 3.8) is 0 Å². The van der Waals surface area contributed by atoms with Gasteiger partial charge < -0.3 is 5.73 Å². The van der Waals surface area contributed by atoms with E-state index < -0.39 is 5.82 Å². The quantitative estimate of drug-likeness (QED) is 0.734. The van der Waals surface area contributed by atoms with E-state index in [0.29, 0.717) is 27.8 Å². The van der Waals surface area contributed by atoms with Crippen molar-refractivity contribution in [3.8, 4) is 17.1 Å². The molecule has 0 radical (unpaired) electrons. The van der Waals surface area contributed by atoms with Crippen molar-refractivity contribution >= 4 is 28.9 Å². The SMILES string of the molecule is Nc1ccc(-c2nnnn2-c2ccc(F)c(Cl)c2)cc1Cl. The number of hydrogen-bond donors (Lipinski definition) is 1. The maximum absolute atomic E-state index is 13.2. The van der Waals surface area contributed by atoms with Crippen LogP contribution < -0.4 is 5.73 Å². The zero-order valence-electron chi connectivity index (χ0n) is 10.5. The molecule has 0 aliphatic carbocycles. The number of anilines is 1. The van der Waals surface area contributed by atoms with Gasteiger partial charge >= 0.3 is 0 Å². The van der Waals surface area contributed by atoms with Crippen molar-refractivity contribution < 1.29 is 4.39 Å². The zero-order chi connectivity index (χ0) is 15.0. The number of hydrogen-bond acceptors (Lipinski definition) is 4. The molecule has 3 aromatic rings. The van der Waals surface area contributed by atoms with Gasteiger partial charge in [0.25, 0.3) is 0 Å². The first-order chi connectivity index (χ1) is 10.1. The molecule has 0 atom stereocenters. The van der Waals surface area contributed by atoms with Crippen molar-refractivity contribution in [2.24, 2.45) is 0 Å². The molecule has 1 heterocycles. The number of nitrogens with two attached hydrogens (primary N) is 1. The number of tetrazole rings is 1. The summed E-state index contributed by atoms with van der Waals surface area (Å²) in [7, 11) is 0. The van der Waals surface area contributed by atoms with E-state index in [2.05, 4.69) is 15.5 Å². The normalized spacial score (nSPS) is 10.8. The van der Waals surface area contributed by atoms with E-state index >= 15 is 0 Å². The highest BCUT2D eigenvalue weighted by Gasteiger charge is 2.13. The Balaban J connectivity index is 2.12. The number of halogens is 3. The topological polar surface area (TPSA) is 69.6 Å². The molecule has 21 heavy (non-hydrogen) atoms. The van der Waals surface area contributed by atoms with E-state index in [-0.39, 0.29) is 5.02 Å². The van der Waals surface area contributed by atoms with Gasteiger partial charge in [-0.2, -0.15) is 4.68 Å². The molecule has 0 saturated carbocycles. The van der Waals surface area contributed by atoms with Crippen LogP contribution in [0, 0.1) is 5.82 Å². The lowest BCUT2D eigenvalue weighted by atomic mass is 10.2. The van der Waals surface area contributed by atoms with Crippen molar-refractivity contribution in [2.45, 2.75) is 0 Å². The third kappa shape index (κ3) is 2.55. The highest BCUT2D eigenvalue weighted by atomic mass is 35.5. The van der Waals surface area contributed by atoms with Gasteiger partial charge in [0, 0.05) is 5.56 Å². The molecule has 0 aliphatic rings. The summed E-state index contributed by atoms with van der Waals surface area (Å²) in [6.07, 6.45) is 0. The fraction of sp³-hybridized carbons (Fsp3) is 0. The molecule has 2 aromatic carbocycles. The third-order valence-electron chi connectivity index (χ3n) is 2.88. The zero-order valence-corrected chi connectivity index (χ0v) is 12.0. The van der Waals surface area contributed by atoms with Crippen LogP contribution in [0.1, 0.15) is 0 Å². The molecule has 0 unspecified atom stereocenters. The molecular weight excluding hydrogens is 316 g/mol. The Kier molecular flexibility index (Phi) is 3.48. The molecule has 0 saturated heterocycles. The number of benzene rings is 2. The summed E-state index contributed by atoms with van der Waals surface area (Å²) in [5.74, 6) is -0.0647. The fourth-order valence-corrected chi connectivity index (χ4v) is 2.18. The van der Waals surface area contributed by atoms with Crippen LogP contribution in [0.4, 0.5) is 10.1 Å². The molecule has 0 fully saturated rings. The van der Waals surface area contributed by atoms with Crippen LogP contribution >= 0.6 is 23.2 Å². The van der Waals surface area contributed by atoms with E-state index in [1.54, 1.807) is 18.2 Å². The minimum absolute atomic E-state index is 0.00992. The van der Waals surface area contributed by atoms with E-state index in [1.165, 1.54) is 22.9 Å². The minimum Gasteiger partial charge on any atom is -0.398 e. The minimum atomic E-state index is -0.509. The monoisotopic (exact) mass is 323 g/mol. The Morgan fingerprint density at radius 3 is 2.57 bits per heavy atom. The van der Waals surface area contributed by atoms with E-state index in [9.17, 15) is 4.39 Å². The average Bonchev–Trinajstić information content (AvgIpc) is 2.94. The van der Waals surface area contributed by atoms with Gasteiger partial charge in [-0.25, -0.2) is 4.39 Å². The number of aromatic nitrogens is 4. The second-order valence-corrected chi connectivity index (χ2v) is 5.06. The van der Waals surface area contributed by atoms with Gasteiger partial charge in [0.1, 0.15) is 5.82 Å². The third-order valence-corrected chi connectivity index (χ3v) is 3.49. The van der Waals surface area contributed by atoms with Gasteiger partial charge in [-0.3, -0.25) is 0 Å². The number of nitrogens with zero attached hydrogens (tertiary/aromatic N) is 4. The molecule has 0 amide bonds. The molecule has 1 aromatic heterocycles. The number of rotatable bonds is 2. The van der Waals surface area contributed by atoms with E-state index in [0.717, 1.165) is 0 Å². The second kappa shape index (κ2) is 5.31. The molecule has 3 rings (SSSR count). The largest absolute Gasteiger partial charge is 0.398 e. The van der Waals surface area contributed by atoms with Crippen LogP contribution in [0.15, 0.2) is 36.4 Å². The van der Waals surface area contributed by atoms with Crippen molar-refractivity contribution in [1.29, 1.82) is 0 Å². The molecule has 106 valence electrons. The van der Waals surface area contributed by atoms with Gasteiger partial charge in [0.05, 0.1) is 21.4 Å². The average molecular weight is 324 g/mol. The van der Waals surface area contributed by atoms with Crippen LogP contribution in [0.5, 0.6) is 0 Å². The summed E-state index contributed by atoms with van der Waals surface area (Å²) in [6, 6.07) is 9.28. The molecule has 5 nitrogen and oxygen atoms in total.